The summed E-state index contributed by atoms with van der Waals surface area (Å²) >= 11 is 0. The van der Waals surface area contributed by atoms with Crippen molar-refractivity contribution in [3.63, 3.8) is 0 Å². The standard InChI is InChI=1S/C33H31F3N8O4/c1-5-43-31-26(19(2)41-44(31)22-12-7-6-8-13-22)27(20-10-9-11-21(18-20)38-24(45)14-15-25(46)42(3)4)28(32(43)48)40-30(47)29-37-17-16-23(39-29)33(34,35)36/h6-18,27-28H,5H2,1-4H3,(H,38,45)(H,40,47)/b15-14+/t27-,28+/m1/s1. The smallest absolute Gasteiger partial charge is 0.345 e. The van der Waals surface area contributed by atoms with Crippen LogP contribution in [0.15, 0.2) is 79.0 Å². The van der Waals surface area contributed by atoms with E-state index in [-0.39, 0.29) is 12.5 Å². The van der Waals surface area contributed by atoms with E-state index in [0.717, 1.165) is 18.3 Å². The molecule has 0 fully saturated rings. The Hall–Kier alpha value is -5.86. The molecule has 12 nitrogen and oxygen atoms in total. The van der Waals surface area contributed by atoms with Gasteiger partial charge in [-0.25, -0.2) is 14.6 Å². The summed E-state index contributed by atoms with van der Waals surface area (Å²) in [5.74, 6) is -3.82. The van der Waals surface area contributed by atoms with E-state index in [1.54, 1.807) is 56.9 Å². The van der Waals surface area contributed by atoms with Crippen LogP contribution in [-0.2, 0) is 20.6 Å². The number of likely N-dealkylation sites (N-methyl/N-ethyl adjacent to an activating group) is 2. The zero-order chi connectivity index (χ0) is 34.7. The number of nitrogens with zero attached hydrogens (tertiary/aromatic N) is 6. The van der Waals surface area contributed by atoms with E-state index < -0.39 is 47.4 Å². The number of hydrogen-bond donors (Lipinski definition) is 2. The largest absolute Gasteiger partial charge is 0.433 e. The number of aryl methyl sites for hydroxylation is 1. The maximum Gasteiger partial charge on any atom is 0.433 e. The van der Waals surface area contributed by atoms with E-state index >= 15 is 0 Å². The highest BCUT2D eigenvalue weighted by Gasteiger charge is 2.46. The quantitative estimate of drug-likeness (QED) is 0.273. The van der Waals surface area contributed by atoms with Crippen molar-refractivity contribution in [2.45, 2.75) is 32.0 Å². The summed E-state index contributed by atoms with van der Waals surface area (Å²) in [5, 5.41) is 10.0. The Morgan fingerprint density at radius 1 is 1.02 bits per heavy atom. The number of nitrogens with one attached hydrogen (secondary N) is 2. The van der Waals surface area contributed by atoms with Gasteiger partial charge in [0.2, 0.25) is 17.6 Å². The molecule has 248 valence electrons. The van der Waals surface area contributed by atoms with Crippen LogP contribution in [0.4, 0.5) is 24.7 Å². The van der Waals surface area contributed by atoms with Crippen molar-refractivity contribution in [3.05, 3.63) is 107 Å². The van der Waals surface area contributed by atoms with Crippen LogP contribution >= 0.6 is 0 Å². The Morgan fingerprint density at radius 3 is 2.42 bits per heavy atom. The number of halogens is 3. The zero-order valence-electron chi connectivity index (χ0n) is 26.3. The Balaban J connectivity index is 1.61. The van der Waals surface area contributed by atoms with Gasteiger partial charge in [0.25, 0.3) is 11.8 Å². The number of fused-ring (bicyclic) bond motifs is 1. The number of anilines is 2. The van der Waals surface area contributed by atoms with Crippen molar-refractivity contribution < 1.29 is 32.3 Å². The number of benzene rings is 2. The molecule has 0 saturated heterocycles. The van der Waals surface area contributed by atoms with Gasteiger partial charge in [-0.3, -0.25) is 24.1 Å². The van der Waals surface area contributed by atoms with E-state index in [0.29, 0.717) is 40.1 Å². The molecule has 1 aliphatic rings. The second kappa shape index (κ2) is 13.5. The van der Waals surface area contributed by atoms with Crippen molar-refractivity contribution in [2.75, 3.05) is 30.9 Å². The molecule has 0 saturated carbocycles. The number of amides is 4. The minimum atomic E-state index is -4.82. The molecule has 0 bridgehead atoms. The van der Waals surface area contributed by atoms with Crippen LogP contribution in [0.1, 0.15) is 46.0 Å². The van der Waals surface area contributed by atoms with Crippen LogP contribution in [0.25, 0.3) is 5.69 Å². The predicted molar refractivity (Wildman–Crippen MR) is 169 cm³/mol. The molecule has 15 heteroatoms. The van der Waals surface area contributed by atoms with Gasteiger partial charge >= 0.3 is 6.18 Å². The average molecular weight is 661 g/mol. The van der Waals surface area contributed by atoms with Crippen LogP contribution in [0.2, 0.25) is 0 Å². The molecular formula is C33H31F3N8O4. The summed E-state index contributed by atoms with van der Waals surface area (Å²) in [6.45, 7) is 3.68. The first-order valence-electron chi connectivity index (χ1n) is 14.8. The van der Waals surface area contributed by atoms with Gasteiger partial charge < -0.3 is 15.5 Å². The molecule has 2 atom stereocenters. The first-order chi connectivity index (χ1) is 22.8. The molecule has 4 amide bonds. The van der Waals surface area contributed by atoms with Gasteiger partial charge in [-0.2, -0.15) is 18.3 Å². The van der Waals surface area contributed by atoms with Crippen molar-refractivity contribution in [1.82, 2.24) is 30.0 Å². The third-order valence-electron chi connectivity index (χ3n) is 7.60. The third-order valence-corrected chi connectivity index (χ3v) is 7.60. The van der Waals surface area contributed by atoms with E-state index in [4.69, 9.17) is 5.10 Å². The monoisotopic (exact) mass is 660 g/mol. The minimum Gasteiger partial charge on any atom is -0.345 e. The first-order valence-corrected chi connectivity index (χ1v) is 14.8. The summed E-state index contributed by atoms with van der Waals surface area (Å²) in [6.07, 6.45) is -1.80. The van der Waals surface area contributed by atoms with Crippen molar-refractivity contribution in [3.8, 4) is 5.69 Å². The van der Waals surface area contributed by atoms with Gasteiger partial charge in [-0.05, 0) is 49.7 Å². The molecule has 0 aliphatic carbocycles. The van der Waals surface area contributed by atoms with Crippen LogP contribution in [-0.4, -0.2) is 75.0 Å². The molecule has 48 heavy (non-hydrogen) atoms. The molecule has 1 aliphatic heterocycles. The second-order valence-electron chi connectivity index (χ2n) is 11.0. The summed E-state index contributed by atoms with van der Waals surface area (Å²) in [6, 6.07) is 15.0. The zero-order valence-corrected chi connectivity index (χ0v) is 26.3. The van der Waals surface area contributed by atoms with Crippen LogP contribution in [0, 0.1) is 6.92 Å². The fourth-order valence-electron chi connectivity index (χ4n) is 5.41. The van der Waals surface area contributed by atoms with Crippen molar-refractivity contribution >= 4 is 35.1 Å². The third kappa shape index (κ3) is 6.79. The van der Waals surface area contributed by atoms with Gasteiger partial charge in [0.1, 0.15) is 17.6 Å². The Morgan fingerprint density at radius 2 is 1.75 bits per heavy atom. The molecular weight excluding hydrogens is 629 g/mol. The number of para-hydroxylation sites is 1. The van der Waals surface area contributed by atoms with E-state index in [1.165, 1.54) is 9.80 Å². The number of aromatic nitrogens is 4. The lowest BCUT2D eigenvalue weighted by atomic mass is 9.81. The summed E-state index contributed by atoms with van der Waals surface area (Å²) in [5.41, 5.74) is 1.28. The van der Waals surface area contributed by atoms with Gasteiger partial charge in [-0.15, -0.1) is 0 Å². The van der Waals surface area contributed by atoms with Gasteiger partial charge in [0.15, 0.2) is 0 Å². The lowest BCUT2D eigenvalue weighted by molar-refractivity contribution is -0.141. The lowest BCUT2D eigenvalue weighted by Crippen LogP contribution is -2.55. The maximum absolute atomic E-state index is 14.3. The fourth-order valence-corrected chi connectivity index (χ4v) is 5.41. The SMILES string of the molecule is CCN1C(=O)[C@@H](NC(=O)c2nccc(C(F)(F)F)n2)[C@H](c2cccc(NC(=O)/C=C/C(=O)N(C)C)c2)c2c(C)nn(-c3ccccc3)c21. The maximum atomic E-state index is 14.3. The highest BCUT2D eigenvalue weighted by atomic mass is 19.4. The van der Waals surface area contributed by atoms with Crippen LogP contribution < -0.4 is 15.5 Å². The number of rotatable bonds is 8. The number of carbonyl (C=O) groups excluding carboxylic acids is 4. The highest BCUT2D eigenvalue weighted by Crippen LogP contribution is 2.43. The molecule has 4 aromatic rings. The van der Waals surface area contributed by atoms with Crippen LogP contribution in [0.3, 0.4) is 0 Å². The molecule has 5 rings (SSSR count). The normalized spacial score (nSPS) is 16.1. The molecule has 3 heterocycles. The summed E-state index contributed by atoms with van der Waals surface area (Å²) in [7, 11) is 3.09. The molecule has 2 N–H and O–H groups in total. The Bertz CT molecular complexity index is 1910. The van der Waals surface area contributed by atoms with Crippen LogP contribution in [0.5, 0.6) is 0 Å². The van der Waals surface area contributed by atoms with E-state index in [9.17, 15) is 32.3 Å². The highest BCUT2D eigenvalue weighted by molar-refractivity contribution is 6.05. The van der Waals surface area contributed by atoms with E-state index in [1.807, 2.05) is 30.3 Å². The van der Waals surface area contributed by atoms with Gasteiger partial charge in [0.05, 0.1) is 11.4 Å². The molecule has 2 aromatic heterocycles. The lowest BCUT2D eigenvalue weighted by Gasteiger charge is -2.38. The second-order valence-corrected chi connectivity index (χ2v) is 11.0. The fraction of sp³-hybridized carbons (Fsp3) is 0.242. The molecule has 2 aromatic carbocycles. The number of alkyl halides is 3. The average Bonchev–Trinajstić information content (AvgIpc) is 3.40. The van der Waals surface area contributed by atoms with Crippen molar-refractivity contribution in [1.29, 1.82) is 0 Å². The van der Waals surface area contributed by atoms with Crippen molar-refractivity contribution in [2.24, 2.45) is 0 Å². The Labute approximate surface area is 273 Å². The molecule has 0 unspecified atom stereocenters. The van der Waals surface area contributed by atoms with Gasteiger partial charge in [0, 0.05) is 56.2 Å². The number of carbonyl (C=O) groups is 4. The van der Waals surface area contributed by atoms with Gasteiger partial charge in [-0.1, -0.05) is 30.3 Å². The summed E-state index contributed by atoms with van der Waals surface area (Å²) in [4.78, 5) is 62.2. The Kier molecular flexibility index (Phi) is 9.40. The first kappa shape index (κ1) is 33.5. The topological polar surface area (TPSA) is 142 Å². The molecule has 0 radical (unpaired) electrons. The van der Waals surface area contributed by atoms with E-state index in [2.05, 4.69) is 20.6 Å². The predicted octanol–water partition coefficient (Wildman–Crippen LogP) is 3.87. The number of hydrogen-bond acceptors (Lipinski definition) is 7. The molecule has 0 spiro atoms. The minimum absolute atomic E-state index is 0.178. The summed E-state index contributed by atoms with van der Waals surface area (Å²) < 4.78 is 41.8.